The van der Waals surface area contributed by atoms with Crippen LogP contribution in [0, 0.1) is 0 Å². The molecule has 2 aliphatic rings. The average molecular weight is 523 g/mol. The van der Waals surface area contributed by atoms with Crippen molar-refractivity contribution in [1.82, 2.24) is 9.88 Å². The summed E-state index contributed by atoms with van der Waals surface area (Å²) in [5.41, 5.74) is 11.9. The summed E-state index contributed by atoms with van der Waals surface area (Å²) in [6.45, 7) is 13.6. The summed E-state index contributed by atoms with van der Waals surface area (Å²) < 4.78 is 0. The molecule has 2 heterocycles. The highest BCUT2D eigenvalue weighted by Gasteiger charge is 2.37. The number of aliphatic hydroxyl groups excluding tert-OH is 2. The molecule has 1 fully saturated rings. The van der Waals surface area contributed by atoms with E-state index in [0.29, 0.717) is 12.5 Å². The number of benzene rings is 1. The van der Waals surface area contributed by atoms with E-state index in [9.17, 15) is 10.2 Å². The van der Waals surface area contributed by atoms with Crippen LogP contribution >= 0.6 is 0 Å². The molecular formula is C32H50N4O2. The number of aromatic nitrogens is 1. The van der Waals surface area contributed by atoms with Crippen LogP contribution in [0.3, 0.4) is 0 Å². The maximum atomic E-state index is 9.30. The largest absolute Gasteiger partial charge is 0.396 e. The van der Waals surface area contributed by atoms with Crippen LogP contribution < -0.4 is 10.6 Å². The van der Waals surface area contributed by atoms with Gasteiger partial charge in [0, 0.05) is 50.5 Å². The van der Waals surface area contributed by atoms with Crippen LogP contribution in [0.5, 0.6) is 0 Å². The monoisotopic (exact) mass is 522 g/mol. The number of piperidine rings is 1. The minimum atomic E-state index is -0.0160. The fourth-order valence-electron chi connectivity index (χ4n) is 6.38. The Labute approximate surface area is 230 Å². The second-order valence-corrected chi connectivity index (χ2v) is 12.8. The van der Waals surface area contributed by atoms with E-state index >= 15 is 0 Å². The number of rotatable bonds is 11. The Morgan fingerprint density at radius 1 is 0.974 bits per heavy atom. The van der Waals surface area contributed by atoms with Crippen molar-refractivity contribution in [3.05, 3.63) is 47.5 Å². The molecule has 1 aromatic heterocycles. The van der Waals surface area contributed by atoms with E-state index in [1.54, 1.807) is 0 Å². The van der Waals surface area contributed by atoms with Gasteiger partial charge in [0.25, 0.3) is 0 Å². The lowest BCUT2D eigenvalue weighted by Gasteiger charge is -2.42. The zero-order valence-corrected chi connectivity index (χ0v) is 24.1. The van der Waals surface area contributed by atoms with Gasteiger partial charge in [0.05, 0.1) is 5.69 Å². The van der Waals surface area contributed by atoms with Gasteiger partial charge in [-0.15, -0.1) is 0 Å². The summed E-state index contributed by atoms with van der Waals surface area (Å²) in [5, 5.41) is 18.5. The topological polar surface area (TPSA) is 85.9 Å². The smallest absolute Gasteiger partial charge is 0.129 e. The molecule has 1 saturated heterocycles. The molecule has 1 atom stereocenters. The van der Waals surface area contributed by atoms with E-state index in [2.05, 4.69) is 73.9 Å². The summed E-state index contributed by atoms with van der Waals surface area (Å²) >= 11 is 0. The maximum Gasteiger partial charge on any atom is 0.129 e. The van der Waals surface area contributed by atoms with Gasteiger partial charge < -0.3 is 20.8 Å². The third-order valence-corrected chi connectivity index (χ3v) is 9.01. The van der Waals surface area contributed by atoms with E-state index in [1.165, 1.54) is 29.5 Å². The molecule has 6 heteroatoms. The van der Waals surface area contributed by atoms with Crippen LogP contribution in [0.1, 0.15) is 83.8 Å². The highest BCUT2D eigenvalue weighted by Crippen LogP contribution is 2.46. The number of pyridine rings is 1. The fraction of sp³-hybridized carbons (Fsp3) is 0.656. The van der Waals surface area contributed by atoms with Crippen molar-refractivity contribution in [3.63, 3.8) is 0 Å². The summed E-state index contributed by atoms with van der Waals surface area (Å²) in [4.78, 5) is 10.1. The molecule has 0 unspecified atom stereocenters. The number of unbranched alkanes of at least 4 members (excludes halogenated alkanes) is 1. The zero-order valence-electron chi connectivity index (χ0n) is 24.1. The summed E-state index contributed by atoms with van der Waals surface area (Å²) in [5.74, 6) is 1.06. The second-order valence-electron chi connectivity index (χ2n) is 12.8. The molecule has 6 nitrogen and oxygen atoms in total. The Hall–Kier alpha value is -1.99. The van der Waals surface area contributed by atoms with Gasteiger partial charge >= 0.3 is 0 Å². The predicted octanol–water partition coefficient (Wildman–Crippen LogP) is 4.85. The number of anilines is 1. The van der Waals surface area contributed by atoms with Crippen molar-refractivity contribution in [1.29, 1.82) is 0 Å². The lowest BCUT2D eigenvalue weighted by atomic mass is 9.63. The Kier molecular flexibility index (Phi) is 9.51. The van der Waals surface area contributed by atoms with Crippen molar-refractivity contribution < 1.29 is 10.2 Å². The molecule has 1 aliphatic carbocycles. The number of hydrogen-bond donors (Lipinski definition) is 3. The van der Waals surface area contributed by atoms with E-state index in [4.69, 9.17) is 10.7 Å². The minimum absolute atomic E-state index is 0.0160. The van der Waals surface area contributed by atoms with Crippen LogP contribution in [0.2, 0.25) is 0 Å². The molecule has 0 bridgehead atoms. The van der Waals surface area contributed by atoms with Crippen molar-refractivity contribution in [2.24, 2.45) is 5.73 Å². The summed E-state index contributed by atoms with van der Waals surface area (Å²) in [6.07, 6.45) is 6.99. The van der Waals surface area contributed by atoms with E-state index < -0.39 is 0 Å². The zero-order chi connectivity index (χ0) is 27.3. The SMILES string of the molecule is CC1(C)CCC(C)(C)c2cc(-c3cccc(N4CCC(N(CCCCO)C[C@@H](N)CCO)CC4)n3)ccc21. The van der Waals surface area contributed by atoms with Crippen LogP contribution in [-0.4, -0.2) is 71.6 Å². The highest BCUT2D eigenvalue weighted by atomic mass is 16.3. The Balaban J connectivity index is 1.46. The van der Waals surface area contributed by atoms with E-state index in [1.807, 2.05) is 0 Å². The summed E-state index contributed by atoms with van der Waals surface area (Å²) in [6, 6.07) is 13.9. The molecule has 0 amide bonds. The molecule has 38 heavy (non-hydrogen) atoms. The van der Waals surface area contributed by atoms with Gasteiger partial charge in [0.2, 0.25) is 0 Å². The highest BCUT2D eigenvalue weighted by molar-refractivity contribution is 5.65. The van der Waals surface area contributed by atoms with Crippen LogP contribution in [-0.2, 0) is 10.8 Å². The number of nitrogens with zero attached hydrogens (tertiary/aromatic N) is 3. The Bertz CT molecular complexity index is 1050. The standard InChI is InChI=1S/C32H50N4O2/c1-31(2)15-16-32(3,4)28-22-24(10-11-27(28)31)29-8-7-9-30(34-29)35-18-12-26(13-19-35)36(17-5-6-20-37)23-25(33)14-21-38/h7-11,22,25-26,37-38H,5-6,12-21,23,33H2,1-4H3/t25-/m0/s1. The third kappa shape index (κ3) is 6.77. The van der Waals surface area contributed by atoms with Crippen LogP contribution in [0.15, 0.2) is 36.4 Å². The number of nitrogens with two attached hydrogens (primary N) is 1. The van der Waals surface area contributed by atoms with Crippen LogP contribution in [0.4, 0.5) is 5.82 Å². The van der Waals surface area contributed by atoms with Crippen LogP contribution in [0.25, 0.3) is 11.3 Å². The molecule has 210 valence electrons. The molecule has 4 rings (SSSR count). The molecule has 1 aliphatic heterocycles. The van der Waals surface area contributed by atoms with Gasteiger partial charge in [-0.05, 0) is 91.6 Å². The average Bonchev–Trinajstić information content (AvgIpc) is 2.91. The third-order valence-electron chi connectivity index (χ3n) is 9.01. The van der Waals surface area contributed by atoms with Gasteiger partial charge in [0.15, 0.2) is 0 Å². The number of hydrogen-bond acceptors (Lipinski definition) is 6. The normalized spacial score (nSPS) is 19.9. The summed E-state index contributed by atoms with van der Waals surface area (Å²) in [7, 11) is 0. The van der Waals surface area contributed by atoms with Gasteiger partial charge in [-0.1, -0.05) is 45.9 Å². The first-order valence-electron chi connectivity index (χ1n) is 14.7. The van der Waals surface area contributed by atoms with E-state index in [-0.39, 0.29) is 30.1 Å². The van der Waals surface area contributed by atoms with Gasteiger partial charge in [-0.3, -0.25) is 4.90 Å². The molecule has 1 aromatic carbocycles. The molecular weight excluding hydrogens is 472 g/mol. The van der Waals surface area contributed by atoms with Gasteiger partial charge in [0.1, 0.15) is 5.82 Å². The first-order valence-corrected chi connectivity index (χ1v) is 14.7. The maximum absolute atomic E-state index is 9.30. The first kappa shape index (κ1) is 29.0. The lowest BCUT2D eigenvalue weighted by molar-refractivity contribution is 0.144. The first-order chi connectivity index (χ1) is 18.1. The molecule has 0 spiro atoms. The molecule has 0 saturated carbocycles. The molecule has 2 aromatic rings. The number of fused-ring (bicyclic) bond motifs is 1. The fourth-order valence-corrected chi connectivity index (χ4v) is 6.38. The van der Waals surface area contributed by atoms with Crippen molar-refractivity contribution in [3.8, 4) is 11.3 Å². The van der Waals surface area contributed by atoms with Crippen molar-refractivity contribution in [2.45, 2.75) is 95.6 Å². The van der Waals surface area contributed by atoms with E-state index in [0.717, 1.165) is 63.4 Å². The molecule has 4 N–H and O–H groups in total. The lowest BCUT2D eigenvalue weighted by Crippen LogP contribution is -2.49. The number of aliphatic hydroxyl groups is 2. The quantitative estimate of drug-likeness (QED) is 0.366. The van der Waals surface area contributed by atoms with Crippen molar-refractivity contribution in [2.75, 3.05) is 44.3 Å². The minimum Gasteiger partial charge on any atom is -0.396 e. The van der Waals surface area contributed by atoms with Crippen molar-refractivity contribution >= 4 is 5.82 Å². The Morgan fingerprint density at radius 3 is 2.37 bits per heavy atom. The second kappa shape index (κ2) is 12.5. The predicted molar refractivity (Wildman–Crippen MR) is 158 cm³/mol. The van der Waals surface area contributed by atoms with Gasteiger partial charge in [-0.25, -0.2) is 4.98 Å². The molecule has 0 radical (unpaired) electrons. The Morgan fingerprint density at radius 2 is 1.68 bits per heavy atom. The van der Waals surface area contributed by atoms with Gasteiger partial charge in [-0.2, -0.15) is 0 Å².